The molecule has 6 nitrogen and oxygen atoms in total. The highest BCUT2D eigenvalue weighted by Crippen LogP contribution is 2.51. The third-order valence-corrected chi connectivity index (χ3v) is 4.01. The van der Waals surface area contributed by atoms with Crippen LogP contribution in [0.2, 0.25) is 0 Å². The van der Waals surface area contributed by atoms with Gasteiger partial charge < -0.3 is 4.74 Å². The molecule has 7 heteroatoms. The highest BCUT2D eigenvalue weighted by atomic mass is 32.2. The van der Waals surface area contributed by atoms with Gasteiger partial charge in [0.15, 0.2) is 0 Å². The molecule has 2 N–H and O–H groups in total. The fraction of sp³-hybridized carbons (Fsp3) is 0.727. The maximum absolute atomic E-state index is 11.3. The van der Waals surface area contributed by atoms with Crippen molar-refractivity contribution >= 4 is 29.5 Å². The van der Waals surface area contributed by atoms with Crippen LogP contribution in [0.1, 0.15) is 26.2 Å². The zero-order chi connectivity index (χ0) is 13.6. The van der Waals surface area contributed by atoms with Crippen LogP contribution in [0.15, 0.2) is 0 Å². The average Bonchev–Trinajstić information content (AvgIpc) is 3.06. The average molecular weight is 274 g/mol. The molecule has 1 aliphatic carbocycles. The number of methoxy groups -OCH3 is 1. The van der Waals surface area contributed by atoms with Crippen molar-refractivity contribution in [3.8, 4) is 0 Å². The smallest absolute Gasteiger partial charge is 0.306 e. The van der Waals surface area contributed by atoms with Crippen molar-refractivity contribution in [2.45, 2.75) is 26.2 Å². The Hall–Kier alpha value is -1.24. The molecule has 0 atom stereocenters. The number of nitrogens with one attached hydrogen (secondary N) is 2. The topological polar surface area (TPSA) is 84.5 Å². The lowest BCUT2D eigenvalue weighted by molar-refractivity contribution is -0.141. The number of ether oxygens (including phenoxy) is 1. The molecule has 0 aromatic heterocycles. The van der Waals surface area contributed by atoms with Gasteiger partial charge in [-0.15, -0.1) is 0 Å². The van der Waals surface area contributed by atoms with Crippen molar-refractivity contribution in [1.82, 2.24) is 10.9 Å². The molecular weight excluding hydrogens is 256 g/mol. The van der Waals surface area contributed by atoms with E-state index in [0.29, 0.717) is 6.42 Å². The van der Waals surface area contributed by atoms with E-state index in [2.05, 4.69) is 15.6 Å². The van der Waals surface area contributed by atoms with Gasteiger partial charge >= 0.3 is 5.97 Å². The summed E-state index contributed by atoms with van der Waals surface area (Å²) in [6, 6.07) is 0. The summed E-state index contributed by atoms with van der Waals surface area (Å²) in [4.78, 5) is 33.0. The van der Waals surface area contributed by atoms with E-state index in [1.165, 1.54) is 25.8 Å². The SMILES string of the molecule is COC(=O)CC1(CSCC(=O)NNC(C)=O)CC1. The molecule has 18 heavy (non-hydrogen) atoms. The second-order valence-electron chi connectivity index (χ2n) is 4.48. The van der Waals surface area contributed by atoms with Gasteiger partial charge in [-0.05, 0) is 24.0 Å². The summed E-state index contributed by atoms with van der Waals surface area (Å²) in [5, 5.41) is 0. The van der Waals surface area contributed by atoms with Crippen LogP contribution in [0, 0.1) is 5.41 Å². The zero-order valence-corrected chi connectivity index (χ0v) is 11.4. The van der Waals surface area contributed by atoms with Gasteiger partial charge in [0.05, 0.1) is 19.3 Å². The third-order valence-electron chi connectivity index (χ3n) is 2.72. The summed E-state index contributed by atoms with van der Waals surface area (Å²) in [5.41, 5.74) is 4.53. The summed E-state index contributed by atoms with van der Waals surface area (Å²) in [6.45, 7) is 1.32. The quantitative estimate of drug-likeness (QED) is 0.535. The van der Waals surface area contributed by atoms with E-state index < -0.39 is 0 Å². The maximum Gasteiger partial charge on any atom is 0.306 e. The number of carbonyl (C=O) groups excluding carboxylic acids is 3. The molecule has 0 saturated heterocycles. The molecule has 0 aromatic carbocycles. The lowest BCUT2D eigenvalue weighted by Crippen LogP contribution is -2.41. The van der Waals surface area contributed by atoms with Crippen LogP contribution in [0.25, 0.3) is 0 Å². The minimum absolute atomic E-state index is 0.0199. The predicted octanol–water partition coefficient (Wildman–Crippen LogP) is 0.230. The van der Waals surface area contributed by atoms with E-state index in [1.807, 2.05) is 0 Å². The number of amides is 2. The van der Waals surface area contributed by atoms with Crippen molar-refractivity contribution < 1.29 is 19.1 Å². The molecule has 0 aliphatic heterocycles. The first kappa shape index (κ1) is 14.8. The molecule has 1 rings (SSSR count). The van der Waals surface area contributed by atoms with Gasteiger partial charge in [0.2, 0.25) is 11.8 Å². The van der Waals surface area contributed by atoms with Gasteiger partial charge in [-0.1, -0.05) is 0 Å². The van der Waals surface area contributed by atoms with E-state index in [9.17, 15) is 14.4 Å². The summed E-state index contributed by atoms with van der Waals surface area (Å²) in [7, 11) is 1.38. The van der Waals surface area contributed by atoms with Crippen LogP contribution in [0.4, 0.5) is 0 Å². The van der Waals surface area contributed by atoms with Gasteiger partial charge in [0, 0.05) is 6.92 Å². The number of hydrazine groups is 1. The van der Waals surface area contributed by atoms with E-state index in [4.69, 9.17) is 0 Å². The fourth-order valence-corrected chi connectivity index (χ4v) is 2.66. The van der Waals surface area contributed by atoms with E-state index in [0.717, 1.165) is 18.6 Å². The lowest BCUT2D eigenvalue weighted by atomic mass is 10.1. The first-order valence-electron chi connectivity index (χ1n) is 5.67. The molecule has 0 unspecified atom stereocenters. The van der Waals surface area contributed by atoms with Crippen LogP contribution in [-0.4, -0.2) is 36.4 Å². The number of esters is 1. The van der Waals surface area contributed by atoms with Crippen LogP contribution in [-0.2, 0) is 19.1 Å². The number of thioether (sulfide) groups is 1. The molecule has 0 radical (unpaired) electrons. The molecule has 0 spiro atoms. The Balaban J connectivity index is 2.15. The van der Waals surface area contributed by atoms with Gasteiger partial charge in [-0.25, -0.2) is 0 Å². The number of rotatable bonds is 6. The Bertz CT molecular complexity index is 342. The maximum atomic E-state index is 11.3. The normalized spacial score (nSPS) is 15.7. The molecule has 0 aromatic rings. The molecule has 1 saturated carbocycles. The first-order chi connectivity index (χ1) is 8.47. The van der Waals surface area contributed by atoms with Crippen molar-refractivity contribution in [3.63, 3.8) is 0 Å². The van der Waals surface area contributed by atoms with Crippen molar-refractivity contribution in [2.75, 3.05) is 18.6 Å². The predicted molar refractivity (Wildman–Crippen MR) is 67.6 cm³/mol. The minimum Gasteiger partial charge on any atom is -0.469 e. The molecule has 0 bridgehead atoms. The lowest BCUT2D eigenvalue weighted by Gasteiger charge is -2.12. The van der Waals surface area contributed by atoms with Gasteiger partial charge in [-0.2, -0.15) is 11.8 Å². The summed E-state index contributed by atoms with van der Waals surface area (Å²) in [5.74, 6) is 0.274. The Labute approximate surface area is 110 Å². The Morgan fingerprint density at radius 1 is 1.28 bits per heavy atom. The van der Waals surface area contributed by atoms with Crippen molar-refractivity contribution in [3.05, 3.63) is 0 Å². The van der Waals surface area contributed by atoms with E-state index in [1.54, 1.807) is 0 Å². The standard InChI is InChI=1S/C11H18N2O4S/c1-8(14)12-13-9(15)6-18-7-11(3-4-11)5-10(16)17-2/h3-7H2,1-2H3,(H,12,14)(H,13,15). The number of hydrogen-bond donors (Lipinski definition) is 2. The number of carbonyl (C=O) groups is 3. The summed E-state index contributed by atoms with van der Waals surface area (Å²) < 4.78 is 4.64. The van der Waals surface area contributed by atoms with E-state index >= 15 is 0 Å². The largest absolute Gasteiger partial charge is 0.469 e. The van der Waals surface area contributed by atoms with Crippen LogP contribution < -0.4 is 10.9 Å². The second-order valence-corrected chi connectivity index (χ2v) is 5.46. The van der Waals surface area contributed by atoms with Gasteiger partial charge in [0.25, 0.3) is 0 Å². The van der Waals surface area contributed by atoms with Crippen LogP contribution in [0.5, 0.6) is 0 Å². The molecular formula is C11H18N2O4S. The fourth-order valence-electron chi connectivity index (χ4n) is 1.48. The van der Waals surface area contributed by atoms with E-state index in [-0.39, 0.29) is 29.0 Å². The minimum atomic E-state index is -0.308. The highest BCUT2D eigenvalue weighted by molar-refractivity contribution is 7.99. The zero-order valence-electron chi connectivity index (χ0n) is 10.6. The molecule has 1 fully saturated rings. The Morgan fingerprint density at radius 3 is 2.44 bits per heavy atom. The monoisotopic (exact) mass is 274 g/mol. The Kier molecular flexibility index (Phi) is 5.46. The van der Waals surface area contributed by atoms with Crippen molar-refractivity contribution in [2.24, 2.45) is 5.41 Å². The molecule has 102 valence electrons. The van der Waals surface area contributed by atoms with Gasteiger partial charge in [0.1, 0.15) is 0 Å². The third kappa shape index (κ3) is 5.39. The Morgan fingerprint density at radius 2 is 1.94 bits per heavy atom. The van der Waals surface area contributed by atoms with Crippen LogP contribution in [0.3, 0.4) is 0 Å². The highest BCUT2D eigenvalue weighted by Gasteiger charge is 2.44. The van der Waals surface area contributed by atoms with Gasteiger partial charge in [-0.3, -0.25) is 25.2 Å². The molecule has 0 heterocycles. The number of hydrogen-bond acceptors (Lipinski definition) is 5. The molecule has 2 amide bonds. The van der Waals surface area contributed by atoms with Crippen LogP contribution >= 0.6 is 11.8 Å². The van der Waals surface area contributed by atoms with Crippen molar-refractivity contribution in [1.29, 1.82) is 0 Å². The summed E-state index contributed by atoms with van der Waals surface area (Å²) >= 11 is 1.46. The second kappa shape index (κ2) is 6.63. The molecule has 1 aliphatic rings. The summed E-state index contributed by atoms with van der Waals surface area (Å²) in [6.07, 6.45) is 2.43. The first-order valence-corrected chi connectivity index (χ1v) is 6.83.